The van der Waals surface area contributed by atoms with Crippen molar-refractivity contribution in [2.45, 2.75) is 43.7 Å². The van der Waals surface area contributed by atoms with E-state index in [1.807, 2.05) is 13.8 Å². The summed E-state index contributed by atoms with van der Waals surface area (Å²) in [6.45, 7) is 4.52. The van der Waals surface area contributed by atoms with Crippen LogP contribution in [0.3, 0.4) is 0 Å². The fourth-order valence-electron chi connectivity index (χ4n) is 3.75. The van der Waals surface area contributed by atoms with Gasteiger partial charge in [-0.15, -0.1) is 0 Å². The monoisotopic (exact) mass is 494 g/mol. The molecule has 2 aromatic carbocycles. The lowest BCUT2D eigenvalue weighted by Gasteiger charge is -2.34. The fraction of sp³-hybridized carbons (Fsp3) is 0.391. The van der Waals surface area contributed by atoms with E-state index in [0.29, 0.717) is 25.0 Å². The number of halogens is 1. The number of anilines is 1. The zero-order valence-electron chi connectivity index (χ0n) is 18.7. The largest absolute Gasteiger partial charge is 0.465 e. The van der Waals surface area contributed by atoms with Gasteiger partial charge in [-0.3, -0.25) is 9.52 Å². The maximum Gasteiger partial charge on any atom is 0.337 e. The first-order chi connectivity index (χ1) is 15.5. The second-order valence-electron chi connectivity index (χ2n) is 8.46. The van der Waals surface area contributed by atoms with Crippen molar-refractivity contribution in [1.29, 1.82) is 0 Å². The first kappa shape index (κ1) is 25.0. The molecule has 0 spiro atoms. The molecule has 0 aromatic heterocycles. The van der Waals surface area contributed by atoms with Gasteiger partial charge < -0.3 is 14.8 Å². The summed E-state index contributed by atoms with van der Waals surface area (Å²) in [6, 6.07) is 10.5. The van der Waals surface area contributed by atoms with Crippen LogP contribution in [0, 0.1) is 5.92 Å². The van der Waals surface area contributed by atoms with E-state index >= 15 is 0 Å². The van der Waals surface area contributed by atoms with E-state index in [4.69, 9.17) is 21.1 Å². The van der Waals surface area contributed by atoms with Gasteiger partial charge in [-0.05, 0) is 62.6 Å². The van der Waals surface area contributed by atoms with Crippen molar-refractivity contribution < 1.29 is 27.5 Å². The van der Waals surface area contributed by atoms with Crippen LogP contribution in [-0.2, 0) is 30.8 Å². The van der Waals surface area contributed by atoms with E-state index in [1.54, 1.807) is 24.3 Å². The number of carbonyl (C=O) groups is 2. The second kappa shape index (κ2) is 10.1. The van der Waals surface area contributed by atoms with Gasteiger partial charge in [0.15, 0.2) is 0 Å². The van der Waals surface area contributed by atoms with Gasteiger partial charge in [0.1, 0.15) is 4.90 Å². The van der Waals surface area contributed by atoms with Crippen molar-refractivity contribution in [3.8, 4) is 0 Å². The van der Waals surface area contributed by atoms with E-state index < -0.39 is 16.0 Å². The summed E-state index contributed by atoms with van der Waals surface area (Å²) < 4.78 is 38.5. The summed E-state index contributed by atoms with van der Waals surface area (Å²) >= 11 is 6.04. The van der Waals surface area contributed by atoms with Gasteiger partial charge >= 0.3 is 5.97 Å². The molecule has 0 radical (unpaired) electrons. The quantitative estimate of drug-likeness (QED) is 0.567. The fourth-order valence-corrected chi connectivity index (χ4v) is 5.31. The molecule has 10 heteroatoms. The van der Waals surface area contributed by atoms with E-state index in [2.05, 4.69) is 10.0 Å². The number of amides is 1. The summed E-state index contributed by atoms with van der Waals surface area (Å²) in [5.41, 5.74) is 0.465. The third-order valence-corrected chi connectivity index (χ3v) is 7.21. The summed E-state index contributed by atoms with van der Waals surface area (Å²) in [5, 5.41) is 2.95. The molecule has 2 aromatic rings. The number of nitrogens with one attached hydrogen (secondary N) is 2. The molecule has 1 saturated heterocycles. The minimum absolute atomic E-state index is 0.0704. The third-order valence-electron chi connectivity index (χ3n) is 5.33. The van der Waals surface area contributed by atoms with Gasteiger partial charge in [0.05, 0.1) is 29.0 Å². The Hall–Kier alpha value is -2.62. The Morgan fingerprint density at radius 1 is 1.21 bits per heavy atom. The summed E-state index contributed by atoms with van der Waals surface area (Å²) in [7, 11) is -2.77. The highest BCUT2D eigenvalue weighted by Gasteiger charge is 2.32. The highest BCUT2D eigenvalue weighted by molar-refractivity contribution is 7.92. The SMILES string of the molecule is COC(=O)c1cc(CNC(=O)[C@H]2CCOC(C)(C)C2)cc(NS(=O)(=O)c2ccccc2Cl)c1. The zero-order valence-corrected chi connectivity index (χ0v) is 20.3. The molecule has 8 nitrogen and oxygen atoms in total. The Bertz CT molecular complexity index is 1150. The Morgan fingerprint density at radius 2 is 1.94 bits per heavy atom. The van der Waals surface area contributed by atoms with Crippen molar-refractivity contribution >= 4 is 39.2 Å². The van der Waals surface area contributed by atoms with E-state index in [-0.39, 0.29) is 45.1 Å². The van der Waals surface area contributed by atoms with Gasteiger partial charge in [0.2, 0.25) is 5.91 Å². The lowest BCUT2D eigenvalue weighted by atomic mass is 9.88. The standard InChI is InChI=1S/C23H27ClN2O6S/c1-23(2)13-16(8-9-32-23)21(27)25-14-15-10-17(22(28)31-3)12-18(11-15)26-33(29,30)20-7-5-4-6-19(20)24/h4-7,10-12,16,26H,8-9,13-14H2,1-3H3,(H,25,27)/t16-/m0/s1. The summed E-state index contributed by atoms with van der Waals surface area (Å²) in [4.78, 5) is 24.7. The number of sulfonamides is 1. The third kappa shape index (κ3) is 6.46. The number of ether oxygens (including phenoxy) is 2. The van der Waals surface area contributed by atoms with Crippen LogP contribution < -0.4 is 10.0 Å². The van der Waals surface area contributed by atoms with Crippen molar-refractivity contribution in [1.82, 2.24) is 5.32 Å². The van der Waals surface area contributed by atoms with Crippen molar-refractivity contribution in [2.75, 3.05) is 18.4 Å². The first-order valence-corrected chi connectivity index (χ1v) is 12.3. The van der Waals surface area contributed by atoms with Gasteiger partial charge in [-0.25, -0.2) is 13.2 Å². The molecule has 1 fully saturated rings. The Labute approximate surface area is 198 Å². The molecule has 178 valence electrons. The predicted molar refractivity (Wildman–Crippen MR) is 125 cm³/mol. The van der Waals surface area contributed by atoms with Crippen LogP contribution in [0.4, 0.5) is 5.69 Å². The minimum Gasteiger partial charge on any atom is -0.465 e. The lowest BCUT2D eigenvalue weighted by molar-refractivity contribution is -0.135. The number of hydrogen-bond donors (Lipinski definition) is 2. The van der Waals surface area contributed by atoms with Crippen LogP contribution in [0.5, 0.6) is 0 Å². The molecule has 2 N–H and O–H groups in total. The topological polar surface area (TPSA) is 111 Å². The maximum absolute atomic E-state index is 12.8. The molecule has 1 aliphatic heterocycles. The van der Waals surface area contributed by atoms with Crippen LogP contribution in [0.25, 0.3) is 0 Å². The van der Waals surface area contributed by atoms with Crippen LogP contribution in [-0.4, -0.2) is 39.6 Å². The number of hydrogen-bond acceptors (Lipinski definition) is 6. The minimum atomic E-state index is -4.01. The molecule has 1 heterocycles. The van der Waals surface area contributed by atoms with Crippen LogP contribution in [0.15, 0.2) is 47.4 Å². The Morgan fingerprint density at radius 3 is 2.61 bits per heavy atom. The molecular formula is C23H27ClN2O6S. The Balaban J connectivity index is 1.81. The van der Waals surface area contributed by atoms with E-state index in [9.17, 15) is 18.0 Å². The van der Waals surface area contributed by atoms with Gasteiger partial charge in [-0.2, -0.15) is 0 Å². The smallest absolute Gasteiger partial charge is 0.337 e. The second-order valence-corrected chi connectivity index (χ2v) is 10.5. The predicted octanol–water partition coefficient (Wildman–Crippen LogP) is 3.75. The van der Waals surface area contributed by atoms with E-state index in [0.717, 1.165) is 0 Å². The molecule has 0 saturated carbocycles. The zero-order chi connectivity index (χ0) is 24.2. The number of methoxy groups -OCH3 is 1. The lowest BCUT2D eigenvalue weighted by Crippen LogP contribution is -2.41. The first-order valence-electron chi connectivity index (χ1n) is 10.4. The number of carbonyl (C=O) groups excluding carboxylic acids is 2. The van der Waals surface area contributed by atoms with Crippen LogP contribution in [0.2, 0.25) is 5.02 Å². The highest BCUT2D eigenvalue weighted by Crippen LogP contribution is 2.29. The molecule has 3 rings (SSSR count). The summed E-state index contributed by atoms with van der Waals surface area (Å²) in [6.07, 6.45) is 1.23. The number of rotatable bonds is 7. The van der Waals surface area contributed by atoms with Crippen molar-refractivity contribution in [2.24, 2.45) is 5.92 Å². The van der Waals surface area contributed by atoms with Crippen LogP contribution in [0.1, 0.15) is 42.6 Å². The summed E-state index contributed by atoms with van der Waals surface area (Å²) in [5.74, 6) is -0.934. The van der Waals surface area contributed by atoms with Gasteiger partial charge in [0, 0.05) is 19.1 Å². The number of benzene rings is 2. The average molecular weight is 495 g/mol. The van der Waals surface area contributed by atoms with Crippen LogP contribution >= 0.6 is 11.6 Å². The molecule has 0 unspecified atom stereocenters. The molecular weight excluding hydrogens is 468 g/mol. The maximum atomic E-state index is 12.8. The average Bonchev–Trinajstić information content (AvgIpc) is 2.75. The normalized spacial score (nSPS) is 17.8. The van der Waals surface area contributed by atoms with E-state index in [1.165, 1.54) is 25.3 Å². The van der Waals surface area contributed by atoms with Gasteiger partial charge in [0.25, 0.3) is 10.0 Å². The molecule has 1 atom stereocenters. The number of esters is 1. The molecule has 1 amide bonds. The molecule has 1 aliphatic rings. The van der Waals surface area contributed by atoms with Crippen molar-refractivity contribution in [3.63, 3.8) is 0 Å². The molecule has 0 bridgehead atoms. The highest BCUT2D eigenvalue weighted by atomic mass is 35.5. The van der Waals surface area contributed by atoms with Crippen molar-refractivity contribution in [3.05, 3.63) is 58.6 Å². The van der Waals surface area contributed by atoms with Gasteiger partial charge in [-0.1, -0.05) is 23.7 Å². The molecule has 0 aliphatic carbocycles. The Kier molecular flexibility index (Phi) is 7.66. The molecule has 33 heavy (non-hydrogen) atoms.